The van der Waals surface area contributed by atoms with Crippen LogP contribution in [0.2, 0.25) is 0 Å². The Balaban J connectivity index is 2.46. The first kappa shape index (κ1) is 15.3. The number of ketones is 1. The van der Waals surface area contributed by atoms with E-state index in [1.165, 1.54) is 0 Å². The van der Waals surface area contributed by atoms with Crippen LogP contribution in [-0.2, 0) is 9.59 Å². The van der Waals surface area contributed by atoms with Crippen molar-refractivity contribution >= 4 is 34.3 Å². The second kappa shape index (κ2) is 5.01. The Bertz CT molecular complexity index is 405. The molecule has 0 spiro atoms. The molecule has 2 saturated heterocycles. The standard InChI is InChI=1S/C15H24INO2/c1-10(2)7-15-6-5-11(9-16)17(15)12(18)8-14(3,4)13(15)19/h10-11H,5-9H2,1-4H3/t11-,15-/m1/s1. The number of fused-ring (bicyclic) bond motifs is 1. The minimum atomic E-state index is -0.511. The number of Topliss-reactive ketones (excluding diaryl/α,β-unsaturated/α-hetero) is 1. The number of rotatable bonds is 3. The van der Waals surface area contributed by atoms with Gasteiger partial charge in [0.05, 0.1) is 0 Å². The molecular formula is C15H24INO2. The maximum absolute atomic E-state index is 13.0. The predicted molar refractivity (Wildman–Crippen MR) is 84.3 cm³/mol. The number of nitrogens with zero attached hydrogens (tertiary/aromatic N) is 1. The molecule has 0 aromatic heterocycles. The maximum Gasteiger partial charge on any atom is 0.224 e. The Morgan fingerprint density at radius 1 is 1.37 bits per heavy atom. The molecule has 2 rings (SSSR count). The average molecular weight is 377 g/mol. The summed E-state index contributed by atoms with van der Waals surface area (Å²) in [6, 6.07) is 0.256. The molecule has 2 aliphatic heterocycles. The van der Waals surface area contributed by atoms with Crippen molar-refractivity contribution in [2.24, 2.45) is 11.3 Å². The third-order valence-electron chi connectivity index (χ3n) is 4.54. The van der Waals surface area contributed by atoms with Crippen molar-refractivity contribution in [1.29, 1.82) is 0 Å². The highest BCUT2D eigenvalue weighted by molar-refractivity contribution is 14.1. The predicted octanol–water partition coefficient (Wildman–Crippen LogP) is 3.20. The quantitative estimate of drug-likeness (QED) is 0.560. The van der Waals surface area contributed by atoms with Gasteiger partial charge in [-0.25, -0.2) is 0 Å². The van der Waals surface area contributed by atoms with Gasteiger partial charge in [-0.2, -0.15) is 0 Å². The number of carbonyl (C=O) groups is 2. The SMILES string of the molecule is CC(C)C[C@@]12CC[C@H](CI)N1C(=O)CC(C)(C)C2=O. The molecular weight excluding hydrogens is 353 g/mol. The fourth-order valence-electron chi connectivity index (χ4n) is 3.96. The summed E-state index contributed by atoms with van der Waals surface area (Å²) >= 11 is 2.34. The molecule has 2 atom stereocenters. The van der Waals surface area contributed by atoms with Crippen LogP contribution in [0, 0.1) is 11.3 Å². The van der Waals surface area contributed by atoms with E-state index in [2.05, 4.69) is 36.4 Å². The zero-order valence-corrected chi connectivity index (χ0v) is 14.5. The first-order chi connectivity index (χ1) is 8.74. The maximum atomic E-state index is 13.0. The molecule has 1 amide bonds. The molecule has 0 radical (unpaired) electrons. The van der Waals surface area contributed by atoms with Gasteiger partial charge in [0.25, 0.3) is 0 Å². The lowest BCUT2D eigenvalue weighted by Gasteiger charge is -2.49. The highest BCUT2D eigenvalue weighted by Crippen LogP contribution is 2.49. The number of hydrogen-bond acceptors (Lipinski definition) is 2. The minimum absolute atomic E-state index is 0.185. The molecule has 2 heterocycles. The van der Waals surface area contributed by atoms with Crippen LogP contribution >= 0.6 is 22.6 Å². The lowest BCUT2D eigenvalue weighted by Crippen LogP contribution is -2.64. The van der Waals surface area contributed by atoms with E-state index in [-0.39, 0.29) is 11.9 Å². The van der Waals surface area contributed by atoms with E-state index in [4.69, 9.17) is 0 Å². The zero-order valence-electron chi connectivity index (χ0n) is 12.3. The van der Waals surface area contributed by atoms with E-state index in [1.807, 2.05) is 18.7 Å². The van der Waals surface area contributed by atoms with E-state index in [1.54, 1.807) is 0 Å². The van der Waals surface area contributed by atoms with Gasteiger partial charge in [-0.05, 0) is 25.2 Å². The number of amides is 1. The summed E-state index contributed by atoms with van der Waals surface area (Å²) in [5.41, 5.74) is -1.01. The summed E-state index contributed by atoms with van der Waals surface area (Å²) in [6.07, 6.45) is 3.02. The molecule has 2 aliphatic rings. The summed E-state index contributed by atoms with van der Waals surface area (Å²) in [5.74, 6) is 0.908. The topological polar surface area (TPSA) is 37.4 Å². The Labute approximate surface area is 129 Å². The van der Waals surface area contributed by atoms with Gasteiger partial charge in [0, 0.05) is 22.3 Å². The first-order valence-electron chi connectivity index (χ1n) is 7.17. The smallest absolute Gasteiger partial charge is 0.224 e. The first-order valence-corrected chi connectivity index (χ1v) is 8.70. The van der Waals surface area contributed by atoms with Crippen molar-refractivity contribution in [2.75, 3.05) is 4.43 Å². The Kier molecular flexibility index (Phi) is 4.02. The zero-order chi connectivity index (χ0) is 14.4. The highest BCUT2D eigenvalue weighted by Gasteiger charge is 2.60. The van der Waals surface area contributed by atoms with Gasteiger partial charge in [-0.15, -0.1) is 0 Å². The second-order valence-corrected chi connectivity index (χ2v) is 8.01. The van der Waals surface area contributed by atoms with Gasteiger partial charge in [-0.3, -0.25) is 9.59 Å². The van der Waals surface area contributed by atoms with Crippen LogP contribution in [0.3, 0.4) is 0 Å². The van der Waals surface area contributed by atoms with Crippen LogP contribution in [0.25, 0.3) is 0 Å². The van der Waals surface area contributed by atoms with Gasteiger partial charge in [0.15, 0.2) is 5.78 Å². The van der Waals surface area contributed by atoms with E-state index >= 15 is 0 Å². The molecule has 4 heteroatoms. The molecule has 108 valence electrons. The molecule has 0 unspecified atom stereocenters. The van der Waals surface area contributed by atoms with Crippen LogP contribution in [0.15, 0.2) is 0 Å². The molecule has 0 aromatic rings. The summed E-state index contributed by atoms with van der Waals surface area (Å²) in [6.45, 7) is 8.15. The number of alkyl halides is 1. The van der Waals surface area contributed by atoms with Gasteiger partial charge < -0.3 is 4.90 Å². The molecule has 19 heavy (non-hydrogen) atoms. The van der Waals surface area contributed by atoms with Gasteiger partial charge >= 0.3 is 0 Å². The van der Waals surface area contributed by atoms with Crippen LogP contribution in [0.4, 0.5) is 0 Å². The van der Waals surface area contributed by atoms with Crippen molar-refractivity contribution in [3.8, 4) is 0 Å². The van der Waals surface area contributed by atoms with Crippen molar-refractivity contribution in [3.05, 3.63) is 0 Å². The minimum Gasteiger partial charge on any atom is -0.326 e. The Morgan fingerprint density at radius 3 is 2.53 bits per heavy atom. The number of piperidine rings is 1. The number of carbonyl (C=O) groups excluding carboxylic acids is 2. The molecule has 2 fully saturated rings. The van der Waals surface area contributed by atoms with E-state index in [0.717, 1.165) is 23.7 Å². The summed E-state index contributed by atoms with van der Waals surface area (Å²) in [7, 11) is 0. The highest BCUT2D eigenvalue weighted by atomic mass is 127. The van der Waals surface area contributed by atoms with E-state index in [9.17, 15) is 9.59 Å². The lowest BCUT2D eigenvalue weighted by molar-refractivity contribution is -0.162. The largest absolute Gasteiger partial charge is 0.326 e. The van der Waals surface area contributed by atoms with Crippen molar-refractivity contribution in [3.63, 3.8) is 0 Å². The van der Waals surface area contributed by atoms with Gasteiger partial charge in [0.1, 0.15) is 5.54 Å². The fraction of sp³-hybridized carbons (Fsp3) is 0.867. The summed E-state index contributed by atoms with van der Waals surface area (Å²) < 4.78 is 0.928. The van der Waals surface area contributed by atoms with Crippen LogP contribution in [0.1, 0.15) is 53.4 Å². The molecule has 0 bridgehead atoms. The molecule has 3 nitrogen and oxygen atoms in total. The monoisotopic (exact) mass is 377 g/mol. The third kappa shape index (κ3) is 2.34. The van der Waals surface area contributed by atoms with Gasteiger partial charge in [-0.1, -0.05) is 50.3 Å². The van der Waals surface area contributed by atoms with Crippen molar-refractivity contribution in [2.45, 2.75) is 65.0 Å². The van der Waals surface area contributed by atoms with E-state index in [0.29, 0.717) is 18.1 Å². The van der Waals surface area contributed by atoms with Gasteiger partial charge in [0.2, 0.25) is 5.91 Å². The number of hydrogen-bond donors (Lipinski definition) is 0. The molecule has 0 saturated carbocycles. The summed E-state index contributed by atoms with van der Waals surface area (Å²) in [4.78, 5) is 27.5. The van der Waals surface area contributed by atoms with Crippen LogP contribution in [0.5, 0.6) is 0 Å². The van der Waals surface area contributed by atoms with Crippen molar-refractivity contribution < 1.29 is 9.59 Å². The molecule has 0 N–H and O–H groups in total. The van der Waals surface area contributed by atoms with E-state index < -0.39 is 11.0 Å². The lowest BCUT2D eigenvalue weighted by atomic mass is 9.67. The summed E-state index contributed by atoms with van der Waals surface area (Å²) in [5, 5.41) is 0. The third-order valence-corrected chi connectivity index (χ3v) is 5.56. The normalized spacial score (nSPS) is 34.0. The average Bonchev–Trinajstić information content (AvgIpc) is 2.65. The molecule has 0 aliphatic carbocycles. The Hall–Kier alpha value is -0.130. The van der Waals surface area contributed by atoms with Crippen LogP contribution in [-0.4, -0.2) is 32.6 Å². The van der Waals surface area contributed by atoms with Crippen LogP contribution < -0.4 is 0 Å². The Morgan fingerprint density at radius 2 is 2.00 bits per heavy atom. The fourth-order valence-corrected chi connectivity index (χ4v) is 4.79. The molecule has 0 aromatic carbocycles. The van der Waals surface area contributed by atoms with Crippen molar-refractivity contribution in [1.82, 2.24) is 4.90 Å². The second-order valence-electron chi connectivity index (χ2n) is 7.13. The number of halogens is 1.